The Morgan fingerprint density at radius 2 is 2.24 bits per heavy atom. The predicted octanol–water partition coefficient (Wildman–Crippen LogP) is 1.06. The molecular weight excluding hydrogens is 270 g/mol. The second-order valence-electron chi connectivity index (χ2n) is 6.25. The quantitative estimate of drug-likeness (QED) is 0.776. The van der Waals surface area contributed by atoms with Crippen molar-refractivity contribution in [2.45, 2.75) is 52.1 Å². The van der Waals surface area contributed by atoms with E-state index >= 15 is 0 Å². The Labute approximate surface area is 124 Å². The number of H-pyrrole nitrogens is 1. The van der Waals surface area contributed by atoms with Gasteiger partial charge in [-0.2, -0.15) is 5.10 Å². The first-order valence-corrected chi connectivity index (χ1v) is 7.39. The lowest BCUT2D eigenvalue weighted by atomic mass is 9.79. The van der Waals surface area contributed by atoms with Gasteiger partial charge in [0.25, 0.3) is 11.5 Å². The zero-order chi connectivity index (χ0) is 15.6. The summed E-state index contributed by atoms with van der Waals surface area (Å²) in [7, 11) is 0. The number of hydrogen-bond donors (Lipinski definition) is 3. The van der Waals surface area contributed by atoms with Crippen molar-refractivity contribution in [3.8, 4) is 0 Å². The van der Waals surface area contributed by atoms with E-state index in [0.29, 0.717) is 30.0 Å². The lowest BCUT2D eigenvalue weighted by molar-refractivity contribution is -0.0109. The molecule has 0 radical (unpaired) electrons. The minimum absolute atomic E-state index is 0.0787. The third kappa shape index (κ3) is 3.50. The van der Waals surface area contributed by atoms with Crippen LogP contribution in [0.4, 0.5) is 0 Å². The Morgan fingerprint density at radius 3 is 2.90 bits per heavy atom. The third-order valence-corrected chi connectivity index (χ3v) is 4.34. The lowest BCUT2D eigenvalue weighted by Crippen LogP contribution is -2.46. The molecule has 2 atom stereocenters. The summed E-state index contributed by atoms with van der Waals surface area (Å²) in [4.78, 5) is 24.0. The summed E-state index contributed by atoms with van der Waals surface area (Å²) < 4.78 is 0. The van der Waals surface area contributed by atoms with Crippen molar-refractivity contribution < 1.29 is 9.90 Å². The number of aromatic amines is 1. The van der Waals surface area contributed by atoms with Crippen LogP contribution in [0.1, 0.15) is 54.2 Å². The molecule has 2 rings (SSSR count). The molecule has 1 heterocycles. The van der Waals surface area contributed by atoms with Crippen LogP contribution in [0.25, 0.3) is 0 Å². The van der Waals surface area contributed by atoms with Gasteiger partial charge in [0.05, 0.1) is 11.3 Å². The zero-order valence-electron chi connectivity index (χ0n) is 12.8. The number of nitrogens with one attached hydrogen (secondary N) is 2. The number of rotatable bonds is 3. The van der Waals surface area contributed by atoms with E-state index in [0.717, 1.165) is 12.8 Å². The van der Waals surface area contributed by atoms with Gasteiger partial charge in [-0.25, -0.2) is 5.10 Å². The highest BCUT2D eigenvalue weighted by Crippen LogP contribution is 2.31. The fraction of sp³-hybridized carbons (Fsp3) is 0.667. The summed E-state index contributed by atoms with van der Waals surface area (Å²) in [5, 5.41) is 19.4. The van der Waals surface area contributed by atoms with Gasteiger partial charge in [-0.15, -0.1) is 0 Å². The van der Waals surface area contributed by atoms with Gasteiger partial charge in [0, 0.05) is 6.54 Å². The summed E-state index contributed by atoms with van der Waals surface area (Å²) >= 11 is 0. The summed E-state index contributed by atoms with van der Waals surface area (Å²) in [6.07, 6.45) is 3.43. The van der Waals surface area contributed by atoms with Gasteiger partial charge in [0.15, 0.2) is 0 Å². The highest BCUT2D eigenvalue weighted by atomic mass is 16.3. The maximum Gasteiger partial charge on any atom is 0.277 e. The number of carbonyl (C=O) groups is 1. The molecule has 0 aromatic carbocycles. The van der Waals surface area contributed by atoms with E-state index < -0.39 is 17.1 Å². The maximum absolute atomic E-state index is 12.2. The fourth-order valence-electron chi connectivity index (χ4n) is 3.03. The number of hydrogen-bond acceptors (Lipinski definition) is 4. The average molecular weight is 293 g/mol. The molecule has 1 amide bonds. The van der Waals surface area contributed by atoms with E-state index in [1.165, 1.54) is 0 Å². The zero-order valence-corrected chi connectivity index (χ0v) is 12.8. The molecule has 116 valence electrons. The highest BCUT2D eigenvalue weighted by molar-refractivity contribution is 5.95. The molecule has 3 N–H and O–H groups in total. The molecule has 6 nitrogen and oxygen atoms in total. The average Bonchev–Trinajstić information content (AvgIpc) is 2.41. The topological polar surface area (TPSA) is 95.1 Å². The minimum Gasteiger partial charge on any atom is -0.388 e. The van der Waals surface area contributed by atoms with Crippen molar-refractivity contribution in [2.24, 2.45) is 5.92 Å². The fourth-order valence-corrected chi connectivity index (χ4v) is 3.03. The Morgan fingerprint density at radius 1 is 1.52 bits per heavy atom. The Balaban J connectivity index is 2.09. The molecule has 6 heteroatoms. The van der Waals surface area contributed by atoms with Gasteiger partial charge >= 0.3 is 0 Å². The Bertz CT molecular complexity index is 596. The van der Waals surface area contributed by atoms with Gasteiger partial charge < -0.3 is 10.4 Å². The molecule has 1 fully saturated rings. The number of carbonyl (C=O) groups excluding carboxylic acids is 1. The van der Waals surface area contributed by atoms with Gasteiger partial charge in [0.1, 0.15) is 5.56 Å². The van der Waals surface area contributed by atoms with Crippen molar-refractivity contribution in [3.05, 3.63) is 27.2 Å². The van der Waals surface area contributed by atoms with Gasteiger partial charge in [-0.1, -0.05) is 19.8 Å². The van der Waals surface area contributed by atoms with Crippen LogP contribution in [-0.2, 0) is 0 Å². The molecule has 0 aliphatic heterocycles. The first kappa shape index (κ1) is 15.7. The van der Waals surface area contributed by atoms with E-state index in [1.807, 2.05) is 0 Å². The lowest BCUT2D eigenvalue weighted by Gasteiger charge is -2.35. The molecule has 1 aromatic heterocycles. The van der Waals surface area contributed by atoms with E-state index in [9.17, 15) is 14.7 Å². The number of aromatic nitrogens is 2. The SMILES string of the molecule is Cc1n[nH]c(=O)c(C(=O)NCC2(O)CCCC(C)C2)c1C. The summed E-state index contributed by atoms with van der Waals surface area (Å²) in [5.41, 5.74) is -0.102. The molecule has 0 saturated heterocycles. The number of aliphatic hydroxyl groups is 1. The largest absolute Gasteiger partial charge is 0.388 e. The van der Waals surface area contributed by atoms with Crippen molar-refractivity contribution in [2.75, 3.05) is 6.54 Å². The number of aryl methyl sites for hydroxylation is 1. The molecule has 0 bridgehead atoms. The molecule has 1 aromatic rings. The van der Waals surface area contributed by atoms with Crippen molar-refractivity contribution in [1.29, 1.82) is 0 Å². The summed E-state index contributed by atoms with van der Waals surface area (Å²) in [6, 6.07) is 0. The minimum atomic E-state index is -0.865. The normalized spacial score (nSPS) is 25.6. The van der Waals surface area contributed by atoms with E-state index in [4.69, 9.17) is 0 Å². The standard InChI is InChI=1S/C15H23N3O3/c1-9-5-4-6-15(21,7-9)8-16-13(19)12-10(2)11(3)17-18-14(12)20/h9,21H,4-8H2,1-3H3,(H,16,19)(H,18,20). The first-order chi connectivity index (χ1) is 9.82. The van der Waals surface area contributed by atoms with Crippen LogP contribution in [0.5, 0.6) is 0 Å². The summed E-state index contributed by atoms with van der Waals surface area (Å²) in [6.45, 7) is 5.71. The van der Waals surface area contributed by atoms with Crippen LogP contribution in [0.15, 0.2) is 4.79 Å². The molecule has 2 unspecified atom stereocenters. The molecule has 1 aliphatic carbocycles. The van der Waals surface area contributed by atoms with Gasteiger partial charge in [-0.05, 0) is 38.2 Å². The van der Waals surface area contributed by atoms with E-state index in [2.05, 4.69) is 22.4 Å². The summed E-state index contributed by atoms with van der Waals surface area (Å²) in [5.74, 6) is -0.000128. The smallest absolute Gasteiger partial charge is 0.277 e. The predicted molar refractivity (Wildman–Crippen MR) is 79.2 cm³/mol. The van der Waals surface area contributed by atoms with Crippen LogP contribution in [0.3, 0.4) is 0 Å². The molecule has 0 spiro atoms. The third-order valence-electron chi connectivity index (χ3n) is 4.34. The number of amides is 1. The van der Waals surface area contributed by atoms with E-state index in [-0.39, 0.29) is 12.1 Å². The second kappa shape index (κ2) is 5.97. The van der Waals surface area contributed by atoms with Crippen LogP contribution in [-0.4, -0.2) is 33.4 Å². The van der Waals surface area contributed by atoms with E-state index in [1.54, 1.807) is 13.8 Å². The van der Waals surface area contributed by atoms with Crippen LogP contribution >= 0.6 is 0 Å². The van der Waals surface area contributed by atoms with Gasteiger partial charge in [-0.3, -0.25) is 9.59 Å². The van der Waals surface area contributed by atoms with Crippen LogP contribution in [0.2, 0.25) is 0 Å². The highest BCUT2D eigenvalue weighted by Gasteiger charge is 2.33. The molecule has 21 heavy (non-hydrogen) atoms. The van der Waals surface area contributed by atoms with Crippen molar-refractivity contribution in [3.63, 3.8) is 0 Å². The van der Waals surface area contributed by atoms with Crippen LogP contribution < -0.4 is 10.9 Å². The van der Waals surface area contributed by atoms with Gasteiger partial charge in [0.2, 0.25) is 0 Å². The molecular formula is C15H23N3O3. The molecule has 1 aliphatic rings. The van der Waals surface area contributed by atoms with Crippen LogP contribution in [0, 0.1) is 19.8 Å². The van der Waals surface area contributed by atoms with Crippen molar-refractivity contribution >= 4 is 5.91 Å². The Hall–Kier alpha value is -1.69. The second-order valence-corrected chi connectivity index (χ2v) is 6.25. The first-order valence-electron chi connectivity index (χ1n) is 7.39. The monoisotopic (exact) mass is 293 g/mol. The van der Waals surface area contributed by atoms with Crippen molar-refractivity contribution in [1.82, 2.24) is 15.5 Å². The maximum atomic E-state index is 12.2. The Kier molecular flexibility index (Phi) is 4.46. The number of nitrogens with zero attached hydrogens (tertiary/aromatic N) is 1. The molecule has 1 saturated carbocycles.